The average molecular weight is 374 g/mol. The summed E-state index contributed by atoms with van der Waals surface area (Å²) in [7, 11) is 1.45. The first kappa shape index (κ1) is 18.3. The van der Waals surface area contributed by atoms with Crippen molar-refractivity contribution in [3.8, 4) is 11.5 Å². The van der Waals surface area contributed by atoms with E-state index < -0.39 is 18.5 Å². The minimum atomic E-state index is -0.669. The normalized spacial score (nSPS) is 11.7. The fraction of sp³-hybridized carbons (Fsp3) is 0.278. The van der Waals surface area contributed by atoms with E-state index in [2.05, 4.69) is 5.32 Å². The summed E-state index contributed by atoms with van der Waals surface area (Å²) >= 11 is 0. The molecule has 2 heterocycles. The number of benzene rings is 1. The molecule has 0 bridgehead atoms. The predicted molar refractivity (Wildman–Crippen MR) is 91.0 cm³/mol. The summed E-state index contributed by atoms with van der Waals surface area (Å²) in [6.45, 7) is -0.317. The van der Waals surface area contributed by atoms with Gasteiger partial charge in [0.25, 0.3) is 5.91 Å². The number of hydrogen-bond acceptors (Lipinski definition) is 7. The third-order valence-electron chi connectivity index (χ3n) is 3.78. The van der Waals surface area contributed by atoms with Gasteiger partial charge >= 0.3 is 5.97 Å². The second kappa shape index (κ2) is 8.26. The number of esters is 1. The van der Waals surface area contributed by atoms with Gasteiger partial charge in [0.05, 0.1) is 24.9 Å². The van der Waals surface area contributed by atoms with Gasteiger partial charge in [-0.05, 0) is 30.3 Å². The van der Waals surface area contributed by atoms with Gasteiger partial charge in [0.15, 0.2) is 18.1 Å². The Morgan fingerprint density at radius 1 is 1.19 bits per heavy atom. The molecule has 2 amide bonds. The minimum Gasteiger partial charge on any atom is -0.467 e. The number of hydrogen-bond donors (Lipinski definition) is 1. The fourth-order valence-electron chi connectivity index (χ4n) is 2.30. The van der Waals surface area contributed by atoms with Crippen molar-refractivity contribution in [1.82, 2.24) is 10.2 Å². The summed E-state index contributed by atoms with van der Waals surface area (Å²) < 4.78 is 20.5. The first-order valence-corrected chi connectivity index (χ1v) is 8.13. The van der Waals surface area contributed by atoms with Crippen LogP contribution in [0.1, 0.15) is 16.1 Å². The van der Waals surface area contributed by atoms with Crippen LogP contribution in [-0.4, -0.2) is 49.7 Å². The standard InChI is InChI=1S/C18H18N2O7/c1-20(9-16(21)19-8-13-3-2-6-24-13)17(22)10-25-18(23)12-4-5-14-15(7-12)27-11-26-14/h2-7H,8-11H2,1H3,(H,19,21). The second-order valence-corrected chi connectivity index (χ2v) is 5.75. The van der Waals surface area contributed by atoms with Crippen LogP contribution in [0.5, 0.6) is 11.5 Å². The highest BCUT2D eigenvalue weighted by Gasteiger charge is 2.19. The van der Waals surface area contributed by atoms with E-state index in [4.69, 9.17) is 18.6 Å². The molecule has 1 aliphatic heterocycles. The molecular formula is C18H18N2O7. The molecule has 0 atom stereocenters. The Kier molecular flexibility index (Phi) is 5.60. The van der Waals surface area contributed by atoms with Gasteiger partial charge in [-0.1, -0.05) is 0 Å². The highest BCUT2D eigenvalue weighted by molar-refractivity contribution is 5.92. The molecular weight excluding hydrogens is 356 g/mol. The zero-order valence-corrected chi connectivity index (χ0v) is 14.6. The second-order valence-electron chi connectivity index (χ2n) is 5.75. The highest BCUT2D eigenvalue weighted by Crippen LogP contribution is 2.32. The summed E-state index contributed by atoms with van der Waals surface area (Å²) in [4.78, 5) is 37.1. The molecule has 0 spiro atoms. The van der Waals surface area contributed by atoms with E-state index in [0.717, 1.165) is 0 Å². The number of likely N-dealkylation sites (N-methyl/N-ethyl adjacent to an activating group) is 1. The number of rotatable bonds is 7. The van der Waals surface area contributed by atoms with Crippen LogP contribution in [0, 0.1) is 0 Å². The summed E-state index contributed by atoms with van der Waals surface area (Å²) in [6, 6.07) is 8.04. The van der Waals surface area contributed by atoms with Gasteiger partial charge in [-0.25, -0.2) is 4.79 Å². The lowest BCUT2D eigenvalue weighted by Gasteiger charge is -2.16. The van der Waals surface area contributed by atoms with Gasteiger partial charge in [-0.2, -0.15) is 0 Å². The third-order valence-corrected chi connectivity index (χ3v) is 3.78. The maximum atomic E-state index is 12.0. The summed E-state index contributed by atoms with van der Waals surface area (Å²) in [5, 5.41) is 2.63. The third kappa shape index (κ3) is 4.78. The van der Waals surface area contributed by atoms with Crippen LogP contribution in [0.4, 0.5) is 0 Å². The molecule has 1 aromatic carbocycles. The van der Waals surface area contributed by atoms with Crippen LogP contribution in [0.25, 0.3) is 0 Å². The Morgan fingerprint density at radius 2 is 2.00 bits per heavy atom. The maximum Gasteiger partial charge on any atom is 0.338 e. The molecule has 1 aromatic heterocycles. The van der Waals surface area contributed by atoms with Crippen LogP contribution < -0.4 is 14.8 Å². The number of ether oxygens (including phenoxy) is 3. The maximum absolute atomic E-state index is 12.0. The molecule has 9 heteroatoms. The lowest BCUT2D eigenvalue weighted by Crippen LogP contribution is -2.39. The number of nitrogens with zero attached hydrogens (tertiary/aromatic N) is 1. The monoisotopic (exact) mass is 374 g/mol. The van der Waals surface area contributed by atoms with Crippen LogP contribution >= 0.6 is 0 Å². The molecule has 2 aromatic rings. The van der Waals surface area contributed by atoms with Crippen molar-refractivity contribution in [2.75, 3.05) is 27.0 Å². The Hall–Kier alpha value is -3.49. The molecule has 9 nitrogen and oxygen atoms in total. The van der Waals surface area contributed by atoms with E-state index in [1.165, 1.54) is 30.3 Å². The quantitative estimate of drug-likeness (QED) is 0.719. The molecule has 1 aliphatic rings. The highest BCUT2D eigenvalue weighted by atomic mass is 16.7. The van der Waals surface area contributed by atoms with Crippen molar-refractivity contribution in [2.24, 2.45) is 0 Å². The van der Waals surface area contributed by atoms with Gasteiger partial charge < -0.3 is 28.8 Å². The number of furan rings is 1. The number of carbonyl (C=O) groups excluding carboxylic acids is 3. The van der Waals surface area contributed by atoms with Crippen molar-refractivity contribution >= 4 is 17.8 Å². The summed E-state index contributed by atoms with van der Waals surface area (Å²) in [5.74, 6) is 0.0675. The van der Waals surface area contributed by atoms with E-state index in [9.17, 15) is 14.4 Å². The van der Waals surface area contributed by atoms with Crippen molar-refractivity contribution in [3.63, 3.8) is 0 Å². The molecule has 0 unspecified atom stereocenters. The zero-order valence-electron chi connectivity index (χ0n) is 14.6. The predicted octanol–water partition coefficient (Wildman–Crippen LogP) is 0.940. The van der Waals surface area contributed by atoms with Gasteiger partial charge in [0, 0.05) is 7.05 Å². The molecule has 0 aliphatic carbocycles. The first-order chi connectivity index (χ1) is 13.0. The van der Waals surface area contributed by atoms with Crippen LogP contribution in [0.15, 0.2) is 41.0 Å². The Morgan fingerprint density at radius 3 is 2.78 bits per heavy atom. The number of carbonyl (C=O) groups is 3. The van der Waals surface area contributed by atoms with E-state index in [1.807, 2.05) is 0 Å². The van der Waals surface area contributed by atoms with E-state index >= 15 is 0 Å². The van der Waals surface area contributed by atoms with Crippen molar-refractivity contribution < 1.29 is 33.0 Å². The zero-order chi connectivity index (χ0) is 19.2. The molecule has 0 saturated heterocycles. The van der Waals surface area contributed by atoms with E-state index in [1.54, 1.807) is 18.2 Å². The van der Waals surface area contributed by atoms with E-state index in [0.29, 0.717) is 17.3 Å². The Labute approximate surface area is 154 Å². The molecule has 0 saturated carbocycles. The lowest BCUT2D eigenvalue weighted by molar-refractivity contribution is -0.137. The Balaban J connectivity index is 1.42. The number of nitrogens with one attached hydrogen (secondary N) is 1. The fourth-order valence-corrected chi connectivity index (χ4v) is 2.30. The molecule has 1 N–H and O–H groups in total. The molecule has 142 valence electrons. The topological polar surface area (TPSA) is 107 Å². The molecule has 27 heavy (non-hydrogen) atoms. The van der Waals surface area contributed by atoms with Gasteiger partial charge in [0.1, 0.15) is 5.76 Å². The van der Waals surface area contributed by atoms with Gasteiger partial charge in [-0.15, -0.1) is 0 Å². The van der Waals surface area contributed by atoms with Crippen LogP contribution in [0.3, 0.4) is 0 Å². The van der Waals surface area contributed by atoms with Gasteiger partial charge in [-0.3, -0.25) is 9.59 Å². The van der Waals surface area contributed by atoms with Crippen LogP contribution in [-0.2, 0) is 20.9 Å². The molecule has 0 fully saturated rings. The van der Waals surface area contributed by atoms with Gasteiger partial charge in [0.2, 0.25) is 12.7 Å². The lowest BCUT2D eigenvalue weighted by atomic mass is 10.2. The smallest absolute Gasteiger partial charge is 0.338 e. The van der Waals surface area contributed by atoms with Crippen molar-refractivity contribution in [2.45, 2.75) is 6.54 Å². The molecule has 0 radical (unpaired) electrons. The minimum absolute atomic E-state index is 0.0963. The average Bonchev–Trinajstić information content (AvgIpc) is 3.34. The molecule has 3 rings (SSSR count). The Bertz CT molecular complexity index is 832. The SMILES string of the molecule is CN(CC(=O)NCc1ccco1)C(=O)COC(=O)c1ccc2c(c1)OCO2. The van der Waals surface area contributed by atoms with Crippen molar-refractivity contribution in [1.29, 1.82) is 0 Å². The summed E-state index contributed by atoms with van der Waals surface area (Å²) in [6.07, 6.45) is 1.51. The van der Waals surface area contributed by atoms with Crippen molar-refractivity contribution in [3.05, 3.63) is 47.9 Å². The summed E-state index contributed by atoms with van der Waals surface area (Å²) in [5.41, 5.74) is 0.242. The number of amides is 2. The first-order valence-electron chi connectivity index (χ1n) is 8.13. The number of fused-ring (bicyclic) bond motifs is 1. The van der Waals surface area contributed by atoms with E-state index in [-0.39, 0.29) is 31.4 Å². The van der Waals surface area contributed by atoms with Crippen LogP contribution in [0.2, 0.25) is 0 Å². The largest absolute Gasteiger partial charge is 0.467 e.